The average Bonchev–Trinajstić information content (AvgIpc) is 3.23. The van der Waals surface area contributed by atoms with Crippen molar-refractivity contribution in [2.75, 3.05) is 13.2 Å². The molecule has 0 heterocycles. The number of carbonyl (C=O) groups is 3. The second kappa shape index (κ2) is 48.0. The number of allylic oxidation sites excluding steroid dienone is 8. The summed E-state index contributed by atoms with van der Waals surface area (Å²) in [5.41, 5.74) is 0. The van der Waals surface area contributed by atoms with Crippen LogP contribution in [0.25, 0.3) is 0 Å². The largest absolute Gasteiger partial charge is 0.462 e. The first kappa shape index (κ1) is 56.4. The third kappa shape index (κ3) is 46.3. The number of esters is 3. The molecular weight excluding hydrogens is 733 g/mol. The van der Waals surface area contributed by atoms with E-state index in [2.05, 4.69) is 39.0 Å². The van der Waals surface area contributed by atoms with Crippen LogP contribution in [0.15, 0.2) is 48.6 Å². The molecule has 0 bridgehead atoms. The monoisotopic (exact) mass is 827 g/mol. The first-order valence-electron chi connectivity index (χ1n) is 25.2. The second-order valence-corrected chi connectivity index (χ2v) is 16.8. The Bertz CT molecular complexity index is 1040. The second-order valence-electron chi connectivity index (χ2n) is 16.8. The predicted octanol–water partition coefficient (Wildman–Crippen LogP) is 16.3. The molecule has 6 heteroatoms. The summed E-state index contributed by atoms with van der Waals surface area (Å²) in [7, 11) is 0. The van der Waals surface area contributed by atoms with Crippen molar-refractivity contribution < 1.29 is 28.6 Å². The maximum atomic E-state index is 12.8. The molecule has 0 saturated carbocycles. The lowest BCUT2D eigenvalue weighted by molar-refractivity contribution is -0.167. The summed E-state index contributed by atoms with van der Waals surface area (Å²) in [4.78, 5) is 37.9. The molecule has 0 spiro atoms. The maximum Gasteiger partial charge on any atom is 0.306 e. The van der Waals surface area contributed by atoms with Gasteiger partial charge < -0.3 is 14.2 Å². The SMILES string of the molecule is CC\C=C/C=C\C=C/C=C\CCCCCC(=O)OCC(COC(=O)CCCCCCCCCCCCCCCC)OC(=O)CCCCCCCCCCCCCCCC. The van der Waals surface area contributed by atoms with Crippen LogP contribution in [0.5, 0.6) is 0 Å². The van der Waals surface area contributed by atoms with E-state index in [1.54, 1.807) is 0 Å². The fraction of sp³-hybridized carbons (Fsp3) is 0.792. The summed E-state index contributed by atoms with van der Waals surface area (Å²) in [6.07, 6.45) is 56.6. The molecule has 0 aromatic rings. The van der Waals surface area contributed by atoms with Crippen molar-refractivity contribution in [2.45, 2.75) is 258 Å². The molecule has 0 aromatic heterocycles. The Balaban J connectivity index is 4.40. The van der Waals surface area contributed by atoms with Gasteiger partial charge in [-0.2, -0.15) is 0 Å². The van der Waals surface area contributed by atoms with Gasteiger partial charge in [0, 0.05) is 19.3 Å². The number of ether oxygens (including phenoxy) is 3. The van der Waals surface area contributed by atoms with Gasteiger partial charge in [-0.1, -0.05) is 243 Å². The highest BCUT2D eigenvalue weighted by atomic mass is 16.6. The first-order valence-corrected chi connectivity index (χ1v) is 25.2. The number of carbonyl (C=O) groups excluding carboxylic acids is 3. The third-order valence-electron chi connectivity index (χ3n) is 10.9. The highest BCUT2D eigenvalue weighted by Crippen LogP contribution is 2.16. The zero-order valence-electron chi connectivity index (χ0n) is 39.0. The summed E-state index contributed by atoms with van der Waals surface area (Å²) < 4.78 is 16.8. The molecule has 0 fully saturated rings. The highest BCUT2D eigenvalue weighted by Gasteiger charge is 2.19. The van der Waals surface area contributed by atoms with E-state index in [1.807, 2.05) is 30.4 Å². The quantitative estimate of drug-likeness (QED) is 0.0263. The van der Waals surface area contributed by atoms with Crippen molar-refractivity contribution in [1.82, 2.24) is 0 Å². The van der Waals surface area contributed by atoms with E-state index in [0.29, 0.717) is 19.3 Å². The molecule has 1 unspecified atom stereocenters. The van der Waals surface area contributed by atoms with Gasteiger partial charge in [-0.15, -0.1) is 0 Å². The van der Waals surface area contributed by atoms with Gasteiger partial charge in [-0.05, 0) is 38.5 Å². The van der Waals surface area contributed by atoms with Gasteiger partial charge >= 0.3 is 17.9 Å². The minimum atomic E-state index is -0.783. The predicted molar refractivity (Wildman–Crippen MR) is 252 cm³/mol. The van der Waals surface area contributed by atoms with Gasteiger partial charge in [0.2, 0.25) is 0 Å². The van der Waals surface area contributed by atoms with E-state index in [-0.39, 0.29) is 31.1 Å². The Morgan fingerprint density at radius 3 is 1.03 bits per heavy atom. The van der Waals surface area contributed by atoms with Crippen LogP contribution in [0.3, 0.4) is 0 Å². The van der Waals surface area contributed by atoms with E-state index in [4.69, 9.17) is 14.2 Å². The lowest BCUT2D eigenvalue weighted by Crippen LogP contribution is -2.30. The zero-order chi connectivity index (χ0) is 43.0. The lowest BCUT2D eigenvalue weighted by Gasteiger charge is -2.18. The molecule has 0 aliphatic carbocycles. The number of rotatable bonds is 45. The lowest BCUT2D eigenvalue weighted by atomic mass is 10.0. The number of unbranched alkanes of at least 4 members (excludes halogenated alkanes) is 29. The van der Waals surface area contributed by atoms with Gasteiger partial charge in [0.15, 0.2) is 6.10 Å². The molecule has 0 aromatic carbocycles. The van der Waals surface area contributed by atoms with E-state index < -0.39 is 6.10 Å². The standard InChI is InChI=1S/C53H94O6/c1-4-7-10-13-16-19-22-25-28-31-34-37-40-43-46-52(55)58-49-50(48-57-51(54)45-42-39-36-33-30-27-24-21-18-15-12-9-6-3)59-53(56)47-44-41-38-35-32-29-26-23-20-17-14-11-8-5-2/h9,12,15,18,21,24,27,30,50H,4-8,10-11,13-14,16-17,19-20,22-23,25-26,28-29,31-49H2,1-3H3/b12-9-,18-15-,24-21-,30-27-. The summed E-state index contributed by atoms with van der Waals surface area (Å²) in [6.45, 7) is 6.48. The number of hydrogen-bond donors (Lipinski definition) is 0. The third-order valence-corrected chi connectivity index (χ3v) is 10.9. The molecule has 0 saturated heterocycles. The van der Waals surface area contributed by atoms with Crippen LogP contribution in [0.4, 0.5) is 0 Å². The maximum absolute atomic E-state index is 12.8. The molecule has 0 N–H and O–H groups in total. The Kier molecular flexibility index (Phi) is 45.9. The molecule has 6 nitrogen and oxygen atoms in total. The van der Waals surface area contributed by atoms with Gasteiger partial charge in [0.25, 0.3) is 0 Å². The molecule has 342 valence electrons. The normalized spacial score (nSPS) is 12.4. The summed E-state index contributed by atoms with van der Waals surface area (Å²) in [6, 6.07) is 0. The fourth-order valence-corrected chi connectivity index (χ4v) is 7.16. The first-order chi connectivity index (χ1) is 29.0. The van der Waals surface area contributed by atoms with E-state index in [0.717, 1.165) is 70.6 Å². The molecular formula is C53H94O6. The van der Waals surface area contributed by atoms with Crippen LogP contribution >= 0.6 is 0 Å². The van der Waals surface area contributed by atoms with Crippen molar-refractivity contribution in [3.8, 4) is 0 Å². The Hall–Kier alpha value is -2.63. The highest BCUT2D eigenvalue weighted by molar-refractivity contribution is 5.71. The van der Waals surface area contributed by atoms with Gasteiger partial charge in [-0.3, -0.25) is 14.4 Å². The summed E-state index contributed by atoms with van der Waals surface area (Å²) in [5, 5.41) is 0. The van der Waals surface area contributed by atoms with Crippen molar-refractivity contribution in [2.24, 2.45) is 0 Å². The molecule has 0 radical (unpaired) electrons. The van der Waals surface area contributed by atoms with E-state index >= 15 is 0 Å². The fourth-order valence-electron chi connectivity index (χ4n) is 7.16. The topological polar surface area (TPSA) is 78.9 Å². The average molecular weight is 827 g/mol. The Labute approximate surface area is 365 Å². The molecule has 0 amide bonds. The van der Waals surface area contributed by atoms with Crippen LogP contribution < -0.4 is 0 Å². The molecule has 1 atom stereocenters. The Morgan fingerprint density at radius 1 is 0.356 bits per heavy atom. The van der Waals surface area contributed by atoms with Crippen molar-refractivity contribution in [3.05, 3.63) is 48.6 Å². The summed E-state index contributed by atoms with van der Waals surface area (Å²) >= 11 is 0. The number of hydrogen-bond acceptors (Lipinski definition) is 6. The van der Waals surface area contributed by atoms with Crippen LogP contribution in [0.1, 0.15) is 252 Å². The van der Waals surface area contributed by atoms with E-state index in [9.17, 15) is 14.4 Å². The van der Waals surface area contributed by atoms with Crippen molar-refractivity contribution in [3.63, 3.8) is 0 Å². The van der Waals surface area contributed by atoms with E-state index in [1.165, 1.54) is 141 Å². The minimum Gasteiger partial charge on any atom is -0.462 e. The molecule has 0 aliphatic heterocycles. The van der Waals surface area contributed by atoms with Gasteiger partial charge in [0.1, 0.15) is 13.2 Å². The van der Waals surface area contributed by atoms with Crippen LogP contribution in [0.2, 0.25) is 0 Å². The zero-order valence-corrected chi connectivity index (χ0v) is 39.0. The van der Waals surface area contributed by atoms with Crippen LogP contribution in [0, 0.1) is 0 Å². The van der Waals surface area contributed by atoms with Crippen LogP contribution in [-0.4, -0.2) is 37.2 Å². The smallest absolute Gasteiger partial charge is 0.306 e. The minimum absolute atomic E-state index is 0.0821. The van der Waals surface area contributed by atoms with Gasteiger partial charge in [-0.25, -0.2) is 0 Å². The summed E-state index contributed by atoms with van der Waals surface area (Å²) in [5.74, 6) is -0.914. The van der Waals surface area contributed by atoms with Crippen molar-refractivity contribution >= 4 is 17.9 Å². The van der Waals surface area contributed by atoms with Gasteiger partial charge in [0.05, 0.1) is 0 Å². The Morgan fingerprint density at radius 2 is 0.661 bits per heavy atom. The molecule has 0 rings (SSSR count). The van der Waals surface area contributed by atoms with Crippen LogP contribution in [-0.2, 0) is 28.6 Å². The molecule has 59 heavy (non-hydrogen) atoms. The van der Waals surface area contributed by atoms with Crippen molar-refractivity contribution in [1.29, 1.82) is 0 Å². The molecule has 0 aliphatic rings.